The van der Waals surface area contributed by atoms with Crippen LogP contribution in [0.2, 0.25) is 10.0 Å². The molecule has 1 aliphatic rings. The lowest BCUT2D eigenvalue weighted by atomic mass is 10.1. The lowest BCUT2D eigenvalue weighted by Crippen LogP contribution is -1.98. The minimum absolute atomic E-state index is 0.168. The number of halogens is 2. The van der Waals surface area contributed by atoms with Crippen molar-refractivity contribution in [2.75, 3.05) is 7.11 Å². The van der Waals surface area contributed by atoms with Crippen LogP contribution in [-0.4, -0.2) is 12.9 Å². The van der Waals surface area contributed by atoms with E-state index in [1.165, 1.54) is 0 Å². The third-order valence-electron chi connectivity index (χ3n) is 4.42. The van der Waals surface area contributed by atoms with Gasteiger partial charge in [-0.3, -0.25) is 4.79 Å². The number of fused-ring (bicyclic) bond motifs is 1. The molecule has 0 saturated carbocycles. The first kappa shape index (κ1) is 19.4. The normalized spacial score (nSPS) is 13.9. The molecule has 6 heteroatoms. The highest BCUT2D eigenvalue weighted by molar-refractivity contribution is 6.42. The van der Waals surface area contributed by atoms with Crippen LogP contribution in [0.1, 0.15) is 21.5 Å². The summed E-state index contributed by atoms with van der Waals surface area (Å²) in [5.41, 5.74) is 2.20. The first-order valence-electron chi connectivity index (χ1n) is 8.82. The van der Waals surface area contributed by atoms with Crippen LogP contribution in [0.3, 0.4) is 0 Å². The van der Waals surface area contributed by atoms with Crippen LogP contribution >= 0.6 is 23.2 Å². The highest BCUT2D eigenvalue weighted by Gasteiger charge is 2.27. The largest absolute Gasteiger partial charge is 0.497 e. The van der Waals surface area contributed by atoms with Crippen LogP contribution < -0.4 is 14.2 Å². The highest BCUT2D eigenvalue weighted by Crippen LogP contribution is 2.35. The molecule has 0 amide bonds. The molecule has 0 unspecified atom stereocenters. The molecule has 0 N–H and O–H groups in total. The minimum atomic E-state index is -0.168. The lowest BCUT2D eigenvalue weighted by molar-refractivity contribution is 0.101. The molecule has 3 aromatic carbocycles. The van der Waals surface area contributed by atoms with Crippen LogP contribution in [0.25, 0.3) is 6.08 Å². The standard InChI is InChI=1S/C23H16Cl2O4/c1-27-16-4-2-3-14(9-16)11-22-23(26)18-7-6-17(12-21(18)29-22)28-13-15-5-8-19(24)20(25)10-15/h2-12H,13H2,1H3/b22-11-. The van der Waals surface area contributed by atoms with E-state index in [9.17, 15) is 4.79 Å². The molecule has 4 nitrogen and oxygen atoms in total. The Hall–Kier alpha value is -2.95. The Kier molecular flexibility index (Phi) is 5.47. The number of allylic oxidation sites excluding steroid dienone is 1. The summed E-state index contributed by atoms with van der Waals surface area (Å²) in [5.74, 6) is 1.86. The second-order valence-electron chi connectivity index (χ2n) is 6.41. The lowest BCUT2D eigenvalue weighted by Gasteiger charge is -2.08. The van der Waals surface area contributed by atoms with Crippen molar-refractivity contribution >= 4 is 35.1 Å². The van der Waals surface area contributed by atoms with Gasteiger partial charge < -0.3 is 14.2 Å². The van der Waals surface area contributed by atoms with E-state index in [-0.39, 0.29) is 11.5 Å². The van der Waals surface area contributed by atoms with E-state index in [0.717, 1.165) is 11.1 Å². The van der Waals surface area contributed by atoms with Gasteiger partial charge in [0.2, 0.25) is 5.78 Å². The topological polar surface area (TPSA) is 44.8 Å². The van der Waals surface area contributed by atoms with Crippen molar-refractivity contribution in [2.24, 2.45) is 0 Å². The maximum absolute atomic E-state index is 12.6. The van der Waals surface area contributed by atoms with Gasteiger partial charge in [-0.1, -0.05) is 41.4 Å². The van der Waals surface area contributed by atoms with Crippen LogP contribution in [0.4, 0.5) is 0 Å². The van der Waals surface area contributed by atoms with Gasteiger partial charge in [-0.05, 0) is 53.6 Å². The molecule has 0 bridgehead atoms. The number of carbonyl (C=O) groups excluding carboxylic acids is 1. The molecule has 3 aromatic rings. The van der Waals surface area contributed by atoms with Crippen molar-refractivity contribution in [1.29, 1.82) is 0 Å². The summed E-state index contributed by atoms with van der Waals surface area (Å²) in [6.07, 6.45) is 1.70. The molecular weight excluding hydrogens is 411 g/mol. The zero-order chi connectivity index (χ0) is 20.4. The molecule has 1 aliphatic heterocycles. The van der Waals surface area contributed by atoms with E-state index < -0.39 is 0 Å². The summed E-state index contributed by atoms with van der Waals surface area (Å²) in [6.45, 7) is 0.316. The molecule has 0 radical (unpaired) electrons. The van der Waals surface area contributed by atoms with Gasteiger partial charge in [-0.15, -0.1) is 0 Å². The Morgan fingerprint density at radius 2 is 1.83 bits per heavy atom. The van der Waals surface area contributed by atoms with Gasteiger partial charge >= 0.3 is 0 Å². The molecule has 146 valence electrons. The number of hydrogen-bond donors (Lipinski definition) is 0. The number of rotatable bonds is 5. The summed E-state index contributed by atoms with van der Waals surface area (Å²) in [4.78, 5) is 12.6. The van der Waals surface area contributed by atoms with Crippen molar-refractivity contribution in [3.63, 3.8) is 0 Å². The SMILES string of the molecule is COc1cccc(/C=C2\Oc3cc(OCc4ccc(Cl)c(Cl)c4)ccc3C2=O)c1. The fourth-order valence-corrected chi connectivity index (χ4v) is 3.26. The van der Waals surface area contributed by atoms with Crippen LogP contribution in [-0.2, 0) is 6.61 Å². The van der Waals surface area contributed by atoms with Crippen LogP contribution in [0.5, 0.6) is 17.2 Å². The molecule has 0 aliphatic carbocycles. The van der Waals surface area contributed by atoms with Crippen molar-refractivity contribution < 1.29 is 19.0 Å². The minimum Gasteiger partial charge on any atom is -0.497 e. The number of benzene rings is 3. The predicted molar refractivity (Wildman–Crippen MR) is 113 cm³/mol. The van der Waals surface area contributed by atoms with Crippen molar-refractivity contribution in [3.05, 3.63) is 93.2 Å². The number of ketones is 1. The van der Waals surface area contributed by atoms with Crippen molar-refractivity contribution in [2.45, 2.75) is 6.61 Å². The number of carbonyl (C=O) groups is 1. The van der Waals surface area contributed by atoms with E-state index in [0.29, 0.717) is 39.5 Å². The third-order valence-corrected chi connectivity index (χ3v) is 5.16. The number of hydrogen-bond acceptors (Lipinski definition) is 4. The van der Waals surface area contributed by atoms with Gasteiger partial charge in [0.25, 0.3) is 0 Å². The molecule has 29 heavy (non-hydrogen) atoms. The van der Waals surface area contributed by atoms with Crippen LogP contribution in [0, 0.1) is 0 Å². The zero-order valence-corrected chi connectivity index (χ0v) is 17.0. The van der Waals surface area contributed by atoms with Crippen molar-refractivity contribution in [1.82, 2.24) is 0 Å². The Morgan fingerprint density at radius 3 is 2.62 bits per heavy atom. The van der Waals surface area contributed by atoms with Gasteiger partial charge in [0.05, 0.1) is 22.7 Å². The van der Waals surface area contributed by atoms with Gasteiger partial charge in [-0.25, -0.2) is 0 Å². The van der Waals surface area contributed by atoms with Gasteiger partial charge in [-0.2, -0.15) is 0 Å². The molecule has 0 saturated heterocycles. The maximum Gasteiger partial charge on any atom is 0.231 e. The highest BCUT2D eigenvalue weighted by atomic mass is 35.5. The quantitative estimate of drug-likeness (QED) is 0.455. The molecule has 4 rings (SSSR count). The van der Waals surface area contributed by atoms with E-state index in [1.54, 1.807) is 43.5 Å². The first-order valence-corrected chi connectivity index (χ1v) is 9.58. The van der Waals surface area contributed by atoms with Gasteiger partial charge in [0.15, 0.2) is 5.76 Å². The summed E-state index contributed by atoms with van der Waals surface area (Å²) in [5, 5.41) is 0.971. The molecule has 1 heterocycles. The summed E-state index contributed by atoms with van der Waals surface area (Å²) < 4.78 is 16.8. The summed E-state index contributed by atoms with van der Waals surface area (Å²) in [7, 11) is 1.60. The molecule has 0 atom stereocenters. The maximum atomic E-state index is 12.6. The number of ether oxygens (including phenoxy) is 3. The smallest absolute Gasteiger partial charge is 0.231 e. The predicted octanol–water partition coefficient (Wildman–Crippen LogP) is 6.20. The van der Waals surface area contributed by atoms with Crippen LogP contribution in [0.15, 0.2) is 66.4 Å². The Balaban J connectivity index is 1.50. The average molecular weight is 427 g/mol. The molecule has 0 spiro atoms. The third kappa shape index (κ3) is 4.24. The second-order valence-corrected chi connectivity index (χ2v) is 7.23. The Morgan fingerprint density at radius 1 is 0.966 bits per heavy atom. The average Bonchev–Trinajstić information content (AvgIpc) is 3.03. The van der Waals surface area contributed by atoms with Gasteiger partial charge in [0.1, 0.15) is 23.9 Å². The van der Waals surface area contributed by atoms with E-state index in [1.807, 2.05) is 30.3 Å². The van der Waals surface area contributed by atoms with E-state index in [4.69, 9.17) is 37.4 Å². The molecule has 0 aromatic heterocycles. The summed E-state index contributed by atoms with van der Waals surface area (Å²) in [6, 6.07) is 17.9. The monoisotopic (exact) mass is 426 g/mol. The Labute approximate surface area is 178 Å². The van der Waals surface area contributed by atoms with Gasteiger partial charge in [0, 0.05) is 6.07 Å². The molecular formula is C23H16Cl2O4. The van der Waals surface area contributed by atoms with E-state index in [2.05, 4.69) is 0 Å². The zero-order valence-electron chi connectivity index (χ0n) is 15.4. The fraction of sp³-hybridized carbons (Fsp3) is 0.0870. The second kappa shape index (κ2) is 8.19. The van der Waals surface area contributed by atoms with Crippen molar-refractivity contribution in [3.8, 4) is 17.2 Å². The van der Waals surface area contributed by atoms with E-state index >= 15 is 0 Å². The number of Topliss-reactive ketones (excluding diaryl/α,β-unsaturated/α-hetero) is 1. The number of methoxy groups -OCH3 is 1. The fourth-order valence-electron chi connectivity index (χ4n) is 2.94. The first-order chi connectivity index (χ1) is 14.0. The summed E-state index contributed by atoms with van der Waals surface area (Å²) >= 11 is 12.0. The Bertz CT molecular complexity index is 1120. The molecule has 0 fully saturated rings.